The van der Waals surface area contributed by atoms with Crippen molar-refractivity contribution in [3.63, 3.8) is 0 Å². The number of piperidine rings is 1. The zero-order valence-electron chi connectivity index (χ0n) is 9.07. The van der Waals surface area contributed by atoms with Gasteiger partial charge >= 0.3 is 5.97 Å². The van der Waals surface area contributed by atoms with E-state index < -0.39 is 5.97 Å². The van der Waals surface area contributed by atoms with Gasteiger partial charge in [-0.05, 0) is 26.4 Å². The molecule has 0 aliphatic carbocycles. The highest BCUT2D eigenvalue weighted by molar-refractivity contribution is 5.69. The summed E-state index contributed by atoms with van der Waals surface area (Å²) in [6.45, 7) is 5.26. The lowest BCUT2D eigenvalue weighted by molar-refractivity contribution is -0.138. The number of rotatable bonds is 4. The summed E-state index contributed by atoms with van der Waals surface area (Å²) in [7, 11) is 2.14. The first-order valence-corrected chi connectivity index (χ1v) is 5.28. The molecule has 1 N–H and O–H groups in total. The molecule has 0 aromatic rings. The number of hydrogen-bond donors (Lipinski definition) is 1. The molecule has 0 radical (unpaired) electrons. The van der Waals surface area contributed by atoms with Crippen molar-refractivity contribution in [3.8, 4) is 0 Å². The van der Waals surface area contributed by atoms with E-state index in [2.05, 4.69) is 18.9 Å². The van der Waals surface area contributed by atoms with Crippen LogP contribution >= 0.6 is 0 Å². The highest BCUT2D eigenvalue weighted by atomic mass is 16.4. The van der Waals surface area contributed by atoms with Gasteiger partial charge in [0.05, 0.1) is 6.54 Å². The Morgan fingerprint density at radius 2 is 2.07 bits per heavy atom. The maximum absolute atomic E-state index is 10.5. The van der Waals surface area contributed by atoms with Gasteiger partial charge < -0.3 is 10.0 Å². The normalized spacial score (nSPS) is 20.2. The lowest BCUT2D eigenvalue weighted by atomic mass is 10.0. The van der Waals surface area contributed by atoms with Crippen LogP contribution in [0.3, 0.4) is 0 Å². The minimum absolute atomic E-state index is 0.197. The lowest BCUT2D eigenvalue weighted by Crippen LogP contribution is -2.44. The van der Waals surface area contributed by atoms with Crippen LogP contribution in [0.4, 0.5) is 0 Å². The molecule has 0 saturated carbocycles. The molecule has 0 amide bonds. The molecule has 0 atom stereocenters. The van der Waals surface area contributed by atoms with Gasteiger partial charge in [-0.3, -0.25) is 9.69 Å². The fraction of sp³-hybridized carbons (Fsp3) is 0.900. The minimum Gasteiger partial charge on any atom is -0.480 e. The fourth-order valence-electron chi connectivity index (χ4n) is 1.97. The van der Waals surface area contributed by atoms with E-state index in [1.165, 1.54) is 0 Å². The standard InChI is InChI=1S/C10H20N2O2/c1-3-11(2)9-4-6-12(7-5-9)8-10(13)14/h9H,3-8H2,1-2H3,(H,13,14). The molecular formula is C10H20N2O2. The summed E-state index contributed by atoms with van der Waals surface area (Å²) >= 11 is 0. The molecule has 1 aliphatic heterocycles. The number of hydrogen-bond acceptors (Lipinski definition) is 3. The Hall–Kier alpha value is -0.610. The van der Waals surface area contributed by atoms with Crippen molar-refractivity contribution in [3.05, 3.63) is 0 Å². The quantitative estimate of drug-likeness (QED) is 0.717. The third-order valence-electron chi connectivity index (χ3n) is 3.04. The predicted molar refractivity (Wildman–Crippen MR) is 55.4 cm³/mol. The number of carbonyl (C=O) groups is 1. The average molecular weight is 200 g/mol. The van der Waals surface area contributed by atoms with Gasteiger partial charge in [0.2, 0.25) is 0 Å². The molecule has 1 fully saturated rings. The molecule has 1 aliphatic rings. The number of aliphatic carboxylic acids is 1. The minimum atomic E-state index is -0.715. The smallest absolute Gasteiger partial charge is 0.317 e. The largest absolute Gasteiger partial charge is 0.480 e. The molecule has 0 unspecified atom stereocenters. The maximum Gasteiger partial charge on any atom is 0.317 e. The monoisotopic (exact) mass is 200 g/mol. The second-order valence-electron chi connectivity index (χ2n) is 3.97. The van der Waals surface area contributed by atoms with Crippen LogP contribution in [0.5, 0.6) is 0 Å². The van der Waals surface area contributed by atoms with Gasteiger partial charge in [0.15, 0.2) is 0 Å². The molecule has 14 heavy (non-hydrogen) atoms. The highest BCUT2D eigenvalue weighted by Gasteiger charge is 2.22. The Balaban J connectivity index is 2.27. The summed E-state index contributed by atoms with van der Waals surface area (Å²) in [6.07, 6.45) is 2.19. The van der Waals surface area contributed by atoms with Crippen molar-refractivity contribution in [2.45, 2.75) is 25.8 Å². The van der Waals surface area contributed by atoms with E-state index in [4.69, 9.17) is 5.11 Å². The first kappa shape index (κ1) is 11.5. The zero-order chi connectivity index (χ0) is 10.6. The van der Waals surface area contributed by atoms with E-state index in [9.17, 15) is 4.79 Å². The third kappa shape index (κ3) is 3.27. The molecule has 0 spiro atoms. The van der Waals surface area contributed by atoms with Crippen LogP contribution in [0, 0.1) is 0 Å². The molecular weight excluding hydrogens is 180 g/mol. The van der Waals surface area contributed by atoms with E-state index in [1.54, 1.807) is 0 Å². The van der Waals surface area contributed by atoms with Crippen LogP contribution in [0.15, 0.2) is 0 Å². The summed E-state index contributed by atoms with van der Waals surface area (Å²) < 4.78 is 0. The van der Waals surface area contributed by atoms with Gasteiger partial charge in [-0.25, -0.2) is 0 Å². The molecule has 0 bridgehead atoms. The Morgan fingerprint density at radius 3 is 2.50 bits per heavy atom. The Morgan fingerprint density at radius 1 is 1.50 bits per heavy atom. The van der Waals surface area contributed by atoms with Crippen molar-refractivity contribution >= 4 is 5.97 Å². The summed E-state index contributed by atoms with van der Waals surface area (Å²) in [5, 5.41) is 8.63. The first-order chi connectivity index (χ1) is 6.63. The summed E-state index contributed by atoms with van der Waals surface area (Å²) in [5.41, 5.74) is 0. The summed E-state index contributed by atoms with van der Waals surface area (Å²) in [4.78, 5) is 14.8. The van der Waals surface area contributed by atoms with Crippen LogP contribution in [-0.4, -0.2) is 60.1 Å². The van der Waals surface area contributed by atoms with E-state index in [1.807, 2.05) is 4.90 Å². The van der Waals surface area contributed by atoms with Crippen molar-refractivity contribution in [1.29, 1.82) is 0 Å². The molecule has 1 saturated heterocycles. The SMILES string of the molecule is CCN(C)C1CCN(CC(=O)O)CC1. The number of carboxylic acids is 1. The average Bonchev–Trinajstić information content (AvgIpc) is 2.17. The van der Waals surface area contributed by atoms with Crippen molar-refractivity contribution < 1.29 is 9.90 Å². The molecule has 0 aromatic heterocycles. The van der Waals surface area contributed by atoms with Crippen molar-refractivity contribution in [2.75, 3.05) is 33.2 Å². The Labute approximate surface area is 85.5 Å². The van der Waals surface area contributed by atoms with Crippen molar-refractivity contribution in [1.82, 2.24) is 9.80 Å². The van der Waals surface area contributed by atoms with Crippen LogP contribution in [0.25, 0.3) is 0 Å². The van der Waals surface area contributed by atoms with Gasteiger partial charge in [0.1, 0.15) is 0 Å². The fourth-order valence-corrected chi connectivity index (χ4v) is 1.97. The lowest BCUT2D eigenvalue weighted by Gasteiger charge is -2.35. The summed E-state index contributed by atoms with van der Waals surface area (Å²) in [6, 6.07) is 0.644. The third-order valence-corrected chi connectivity index (χ3v) is 3.04. The molecule has 4 nitrogen and oxygen atoms in total. The number of carboxylic acid groups (broad SMARTS) is 1. The van der Waals surface area contributed by atoms with Gasteiger partial charge in [-0.15, -0.1) is 0 Å². The molecule has 1 rings (SSSR count). The van der Waals surface area contributed by atoms with Gasteiger partial charge in [0.25, 0.3) is 0 Å². The van der Waals surface area contributed by atoms with Crippen LogP contribution < -0.4 is 0 Å². The molecule has 1 heterocycles. The Kier molecular flexibility index (Phi) is 4.35. The van der Waals surface area contributed by atoms with E-state index in [-0.39, 0.29) is 6.54 Å². The zero-order valence-corrected chi connectivity index (χ0v) is 9.07. The molecule has 0 aromatic carbocycles. The topological polar surface area (TPSA) is 43.8 Å². The maximum atomic E-state index is 10.5. The van der Waals surface area contributed by atoms with Crippen LogP contribution in [0.2, 0.25) is 0 Å². The second kappa shape index (κ2) is 5.32. The van der Waals surface area contributed by atoms with Crippen molar-refractivity contribution in [2.24, 2.45) is 0 Å². The van der Waals surface area contributed by atoms with E-state index >= 15 is 0 Å². The second-order valence-corrected chi connectivity index (χ2v) is 3.97. The number of likely N-dealkylation sites (tertiary alicyclic amines) is 1. The highest BCUT2D eigenvalue weighted by Crippen LogP contribution is 2.14. The van der Waals surface area contributed by atoms with Gasteiger partial charge in [0, 0.05) is 19.1 Å². The Bertz CT molecular complexity index is 189. The molecule has 82 valence electrons. The number of nitrogens with zero attached hydrogens (tertiary/aromatic N) is 2. The van der Waals surface area contributed by atoms with Crippen LogP contribution in [0.1, 0.15) is 19.8 Å². The van der Waals surface area contributed by atoms with Crippen LogP contribution in [-0.2, 0) is 4.79 Å². The van der Waals surface area contributed by atoms with E-state index in [0.29, 0.717) is 6.04 Å². The summed E-state index contributed by atoms with van der Waals surface area (Å²) in [5.74, 6) is -0.715. The van der Waals surface area contributed by atoms with Gasteiger partial charge in [-0.2, -0.15) is 0 Å². The first-order valence-electron chi connectivity index (χ1n) is 5.28. The predicted octanol–water partition coefficient (Wildman–Crippen LogP) is 0.487. The van der Waals surface area contributed by atoms with E-state index in [0.717, 1.165) is 32.5 Å². The molecule has 4 heteroatoms. The van der Waals surface area contributed by atoms with Gasteiger partial charge in [-0.1, -0.05) is 6.92 Å².